The van der Waals surface area contributed by atoms with Gasteiger partial charge >= 0.3 is 0 Å². The molecule has 0 N–H and O–H groups in total. The average molecular weight is 382 g/mol. The second kappa shape index (κ2) is 6.93. The molecule has 28 heavy (non-hydrogen) atoms. The molecule has 2 heterocycles. The maximum Gasteiger partial charge on any atom is 0.261 e. The third kappa shape index (κ3) is 3.05. The van der Waals surface area contributed by atoms with Crippen molar-refractivity contribution in [3.63, 3.8) is 0 Å². The molecule has 8 heteroatoms. The van der Waals surface area contributed by atoms with Gasteiger partial charge in [0.05, 0.1) is 22.9 Å². The number of alkyl halides is 1. The van der Waals surface area contributed by atoms with Gasteiger partial charge < -0.3 is 14.2 Å². The number of nitriles is 1. The van der Waals surface area contributed by atoms with Crippen LogP contribution in [0.4, 0.5) is 14.5 Å². The average Bonchev–Trinajstić information content (AvgIpc) is 3.12. The van der Waals surface area contributed by atoms with Crippen molar-refractivity contribution < 1.29 is 13.5 Å². The van der Waals surface area contributed by atoms with Crippen molar-refractivity contribution in [3.8, 4) is 17.6 Å². The van der Waals surface area contributed by atoms with Crippen molar-refractivity contribution in [1.29, 1.82) is 5.26 Å². The van der Waals surface area contributed by atoms with E-state index in [-0.39, 0.29) is 29.2 Å². The number of benzene rings is 2. The number of aryl methyl sites for hydroxylation is 1. The van der Waals surface area contributed by atoms with E-state index >= 15 is 0 Å². The van der Waals surface area contributed by atoms with E-state index < -0.39 is 12.0 Å². The van der Waals surface area contributed by atoms with Gasteiger partial charge in [0.25, 0.3) is 5.56 Å². The Labute approximate surface area is 159 Å². The summed E-state index contributed by atoms with van der Waals surface area (Å²) in [6.07, 6.45) is 0.792. The molecule has 0 unspecified atom stereocenters. The van der Waals surface area contributed by atoms with E-state index in [0.29, 0.717) is 29.6 Å². The van der Waals surface area contributed by atoms with Crippen LogP contribution in [0.1, 0.15) is 12.0 Å². The lowest BCUT2D eigenvalue weighted by Crippen LogP contribution is -2.21. The van der Waals surface area contributed by atoms with E-state index in [1.54, 1.807) is 24.1 Å². The quantitative estimate of drug-likeness (QED) is 0.695. The Morgan fingerprint density at radius 2 is 2.14 bits per heavy atom. The van der Waals surface area contributed by atoms with Crippen LogP contribution in [0, 0.1) is 17.1 Å². The lowest BCUT2D eigenvalue weighted by Gasteiger charge is -2.21. The van der Waals surface area contributed by atoms with Gasteiger partial charge in [0, 0.05) is 20.1 Å². The summed E-state index contributed by atoms with van der Waals surface area (Å²) >= 11 is 0. The molecule has 0 aliphatic carbocycles. The minimum atomic E-state index is -0.981. The van der Waals surface area contributed by atoms with Gasteiger partial charge in [0.2, 0.25) is 0 Å². The van der Waals surface area contributed by atoms with Gasteiger partial charge in [-0.1, -0.05) is 0 Å². The number of halogens is 2. The molecular weight excluding hydrogens is 366 g/mol. The molecule has 142 valence electrons. The molecule has 4 rings (SSSR count). The fourth-order valence-electron chi connectivity index (χ4n) is 3.33. The van der Waals surface area contributed by atoms with Crippen molar-refractivity contribution in [1.82, 2.24) is 9.55 Å². The maximum atomic E-state index is 14.5. The van der Waals surface area contributed by atoms with Crippen molar-refractivity contribution >= 4 is 16.6 Å². The highest BCUT2D eigenvalue weighted by atomic mass is 19.1. The lowest BCUT2D eigenvalue weighted by molar-refractivity contribution is 0.364. The topological polar surface area (TPSA) is 71.2 Å². The predicted molar refractivity (Wildman–Crippen MR) is 99.9 cm³/mol. The summed E-state index contributed by atoms with van der Waals surface area (Å²) in [6, 6.07) is 9.22. The molecule has 6 nitrogen and oxygen atoms in total. The van der Waals surface area contributed by atoms with Gasteiger partial charge in [-0.25, -0.2) is 13.8 Å². The Bertz CT molecular complexity index is 1170. The normalized spacial score (nSPS) is 16.4. The number of aromatic nitrogens is 2. The fraction of sp³-hybridized carbons (Fsp3) is 0.250. The van der Waals surface area contributed by atoms with Gasteiger partial charge in [0.1, 0.15) is 23.6 Å². The van der Waals surface area contributed by atoms with Crippen molar-refractivity contribution in [3.05, 3.63) is 58.4 Å². The largest absolute Gasteiger partial charge is 0.453 e. The zero-order valence-electron chi connectivity index (χ0n) is 15.0. The van der Waals surface area contributed by atoms with E-state index in [4.69, 9.17) is 4.74 Å². The van der Waals surface area contributed by atoms with Crippen LogP contribution in [-0.2, 0) is 7.05 Å². The van der Waals surface area contributed by atoms with Gasteiger partial charge in [-0.2, -0.15) is 5.26 Å². The minimum absolute atomic E-state index is 0.00622. The maximum absolute atomic E-state index is 14.5. The molecule has 0 radical (unpaired) electrons. The summed E-state index contributed by atoms with van der Waals surface area (Å²) in [4.78, 5) is 18.1. The molecule has 1 fully saturated rings. The van der Waals surface area contributed by atoms with Gasteiger partial charge in [-0.05, 0) is 36.8 Å². The first-order valence-corrected chi connectivity index (χ1v) is 8.73. The minimum Gasteiger partial charge on any atom is -0.453 e. The zero-order valence-corrected chi connectivity index (χ0v) is 15.0. The standard InChI is InChI=1S/C20H16F2N4O2/c1-25-11-24-17-4-2-13(8-14(17)20(25)27)28-19-15(9-23)18(5-3-16(19)22)26-7-6-12(21)10-26/h2-5,8,11-12H,6-7,10H2,1H3/t12-/m1/s1. The predicted octanol–water partition coefficient (Wildman–Crippen LogP) is 3.28. The molecule has 1 aliphatic rings. The van der Waals surface area contributed by atoms with Crippen LogP contribution in [0.5, 0.6) is 11.5 Å². The first kappa shape index (κ1) is 17.9. The number of nitrogens with zero attached hydrogens (tertiary/aromatic N) is 4. The van der Waals surface area contributed by atoms with Crippen molar-refractivity contribution in [2.45, 2.75) is 12.6 Å². The molecule has 1 aliphatic heterocycles. The summed E-state index contributed by atoms with van der Waals surface area (Å²) in [5.41, 5.74) is 0.637. The summed E-state index contributed by atoms with van der Waals surface area (Å²) < 4.78 is 35.0. The lowest BCUT2D eigenvalue weighted by atomic mass is 10.1. The summed E-state index contributed by atoms with van der Waals surface area (Å²) in [5.74, 6) is -0.757. The number of hydrogen-bond acceptors (Lipinski definition) is 5. The van der Waals surface area contributed by atoms with E-state index in [1.165, 1.54) is 29.1 Å². The molecule has 2 aromatic carbocycles. The highest BCUT2D eigenvalue weighted by Gasteiger charge is 2.26. The molecule has 0 spiro atoms. The second-order valence-electron chi connectivity index (χ2n) is 6.66. The second-order valence-corrected chi connectivity index (χ2v) is 6.66. The molecule has 0 bridgehead atoms. The summed E-state index contributed by atoms with van der Waals surface area (Å²) in [5, 5.41) is 9.92. The summed E-state index contributed by atoms with van der Waals surface area (Å²) in [6.45, 7) is 0.593. The monoisotopic (exact) mass is 382 g/mol. The highest BCUT2D eigenvalue weighted by Crippen LogP contribution is 2.36. The molecule has 1 atom stereocenters. The number of fused-ring (bicyclic) bond motifs is 1. The molecular formula is C20H16F2N4O2. The first-order chi connectivity index (χ1) is 13.5. The van der Waals surface area contributed by atoms with Crippen molar-refractivity contribution in [2.75, 3.05) is 18.0 Å². The van der Waals surface area contributed by atoms with Crippen LogP contribution in [-0.4, -0.2) is 28.8 Å². The Morgan fingerprint density at radius 3 is 2.86 bits per heavy atom. The Kier molecular flexibility index (Phi) is 4.43. The van der Waals surface area contributed by atoms with Crippen LogP contribution in [0.25, 0.3) is 10.9 Å². The Balaban J connectivity index is 1.77. The fourth-order valence-corrected chi connectivity index (χ4v) is 3.33. The third-order valence-corrected chi connectivity index (χ3v) is 4.78. The van der Waals surface area contributed by atoms with Gasteiger partial charge in [-0.3, -0.25) is 4.79 Å². The number of ether oxygens (including phenoxy) is 1. The van der Waals surface area contributed by atoms with Crippen LogP contribution in [0.15, 0.2) is 41.5 Å². The smallest absolute Gasteiger partial charge is 0.261 e. The number of hydrogen-bond donors (Lipinski definition) is 0. The first-order valence-electron chi connectivity index (χ1n) is 8.73. The van der Waals surface area contributed by atoms with Gasteiger partial charge in [-0.15, -0.1) is 0 Å². The number of rotatable bonds is 3. The van der Waals surface area contributed by atoms with E-state index in [0.717, 1.165) is 0 Å². The third-order valence-electron chi connectivity index (χ3n) is 4.78. The molecule has 0 saturated carbocycles. The molecule has 0 amide bonds. The molecule has 3 aromatic rings. The van der Waals surface area contributed by atoms with Crippen molar-refractivity contribution in [2.24, 2.45) is 7.05 Å². The van der Waals surface area contributed by atoms with Crippen LogP contribution >= 0.6 is 0 Å². The van der Waals surface area contributed by atoms with Crippen LogP contribution < -0.4 is 15.2 Å². The SMILES string of the molecule is Cn1cnc2ccc(Oc3c(F)ccc(N4CC[C@@H](F)C4)c3C#N)cc2c1=O. The molecule has 1 aromatic heterocycles. The molecule has 1 saturated heterocycles. The van der Waals surface area contributed by atoms with Crippen LogP contribution in [0.2, 0.25) is 0 Å². The number of anilines is 1. The van der Waals surface area contributed by atoms with E-state index in [9.17, 15) is 18.8 Å². The summed E-state index contributed by atoms with van der Waals surface area (Å²) in [7, 11) is 1.58. The van der Waals surface area contributed by atoms with E-state index in [1.807, 2.05) is 6.07 Å². The zero-order chi connectivity index (χ0) is 19.8. The Hall–Kier alpha value is -3.47. The Morgan fingerprint density at radius 1 is 1.32 bits per heavy atom. The van der Waals surface area contributed by atoms with Gasteiger partial charge in [0.15, 0.2) is 11.6 Å². The highest BCUT2D eigenvalue weighted by molar-refractivity contribution is 5.79. The van der Waals surface area contributed by atoms with E-state index in [2.05, 4.69) is 4.98 Å². The van der Waals surface area contributed by atoms with Crippen LogP contribution in [0.3, 0.4) is 0 Å².